The molecule has 0 saturated heterocycles. The van der Waals surface area contributed by atoms with E-state index >= 15 is 0 Å². The van der Waals surface area contributed by atoms with Gasteiger partial charge in [0.15, 0.2) is 0 Å². The van der Waals surface area contributed by atoms with E-state index in [4.69, 9.17) is 5.11 Å². The molecule has 0 aromatic carbocycles. The lowest BCUT2D eigenvalue weighted by atomic mass is 10.3. The minimum Gasteiger partial charge on any atom is -0.481 e. The van der Waals surface area contributed by atoms with E-state index in [1.165, 1.54) is 0 Å². The van der Waals surface area contributed by atoms with E-state index in [1.807, 2.05) is 0 Å². The Morgan fingerprint density at radius 2 is 1.75 bits per heavy atom. The third-order valence-electron chi connectivity index (χ3n) is 0.737. The minimum atomic E-state index is -1.25. The maximum Gasteiger partial charge on any atom is 0.411 e. The van der Waals surface area contributed by atoms with E-state index in [1.54, 1.807) is 0 Å². The molecule has 6 nitrogen and oxygen atoms in total. The van der Waals surface area contributed by atoms with Crippen molar-refractivity contribution < 1.29 is 24.2 Å². The zero-order valence-electron chi connectivity index (χ0n) is 6.08. The summed E-state index contributed by atoms with van der Waals surface area (Å²) in [5.41, 5.74) is -1.25. The molecule has 0 amide bonds. The first kappa shape index (κ1) is 13.4. The van der Waals surface area contributed by atoms with Crippen LogP contribution in [0.3, 0.4) is 0 Å². The first-order valence-electron chi connectivity index (χ1n) is 2.64. The van der Waals surface area contributed by atoms with Gasteiger partial charge in [-0.15, -0.1) is 0 Å². The Kier molecular flexibility index (Phi) is 7.36. The summed E-state index contributed by atoms with van der Waals surface area (Å²) in [5, 5.41) is 8.07. The molecule has 0 unspecified atom stereocenters. The zero-order chi connectivity index (χ0) is 8.85. The van der Waals surface area contributed by atoms with Crippen molar-refractivity contribution in [3.63, 3.8) is 0 Å². The van der Waals surface area contributed by atoms with E-state index in [2.05, 4.69) is 16.3 Å². The van der Waals surface area contributed by atoms with Crippen molar-refractivity contribution in [2.75, 3.05) is 0 Å². The minimum absolute atomic E-state index is 0. The third-order valence-corrected chi connectivity index (χ3v) is 0.814. The molecule has 0 fully saturated rings. The number of rotatable bonds is 3. The summed E-state index contributed by atoms with van der Waals surface area (Å²) in [5.74, 6) is -2.07. The Labute approximate surface area is 73.0 Å². The molecular formula is C5H8ClNO5. The van der Waals surface area contributed by atoms with Crippen LogP contribution in [-0.2, 0) is 14.3 Å². The van der Waals surface area contributed by atoms with Gasteiger partial charge < -0.3 is 16.0 Å². The molecular weight excluding hydrogens is 190 g/mol. The van der Waals surface area contributed by atoms with Gasteiger partial charge in [-0.25, -0.2) is 4.79 Å². The zero-order valence-corrected chi connectivity index (χ0v) is 6.84. The van der Waals surface area contributed by atoms with Crippen molar-refractivity contribution in [2.24, 2.45) is 0 Å². The van der Waals surface area contributed by atoms with Crippen LogP contribution in [0.25, 0.3) is 0 Å². The predicted octanol–water partition coefficient (Wildman–Crippen LogP) is 0.915. The lowest BCUT2D eigenvalue weighted by molar-refractivity contribution is -0.143. The number of carbonyl (C=O) groups is 3. The SMILES string of the molecule is N.O=C(O)CCC(=O)OC(=O)Cl. The van der Waals surface area contributed by atoms with Gasteiger partial charge in [-0.3, -0.25) is 9.59 Å². The second-order valence-corrected chi connectivity index (χ2v) is 1.91. The average molecular weight is 198 g/mol. The third kappa shape index (κ3) is 8.86. The molecule has 0 aliphatic heterocycles. The Morgan fingerprint density at radius 3 is 2.08 bits per heavy atom. The fourth-order valence-electron chi connectivity index (χ4n) is 0.350. The molecule has 0 aromatic heterocycles. The summed E-state index contributed by atoms with van der Waals surface area (Å²) < 4.78 is 3.82. The number of carbonyl (C=O) groups excluding carboxylic acids is 2. The van der Waals surface area contributed by atoms with Crippen LogP contribution in [0.2, 0.25) is 0 Å². The molecule has 70 valence electrons. The number of carboxylic acids is 1. The molecule has 0 aliphatic carbocycles. The quantitative estimate of drug-likeness (QED) is 0.395. The van der Waals surface area contributed by atoms with E-state index < -0.39 is 17.4 Å². The van der Waals surface area contributed by atoms with Gasteiger partial charge in [-0.2, -0.15) is 0 Å². The normalized spacial score (nSPS) is 8.08. The van der Waals surface area contributed by atoms with Crippen molar-refractivity contribution in [2.45, 2.75) is 12.8 Å². The highest BCUT2D eigenvalue weighted by molar-refractivity contribution is 6.61. The van der Waals surface area contributed by atoms with Gasteiger partial charge in [0.2, 0.25) is 0 Å². The van der Waals surface area contributed by atoms with Gasteiger partial charge in [0, 0.05) is 11.6 Å². The molecule has 12 heavy (non-hydrogen) atoms. The van der Waals surface area contributed by atoms with E-state index in [0.29, 0.717) is 0 Å². The number of carboxylic acid groups (broad SMARTS) is 1. The Morgan fingerprint density at radius 1 is 1.25 bits per heavy atom. The summed E-state index contributed by atoms with van der Waals surface area (Å²) in [6.07, 6.45) is -0.725. The van der Waals surface area contributed by atoms with Gasteiger partial charge in [-0.1, -0.05) is 0 Å². The Hall–Kier alpha value is -1.14. The summed E-state index contributed by atoms with van der Waals surface area (Å²) in [6.45, 7) is 0. The smallest absolute Gasteiger partial charge is 0.411 e. The summed E-state index contributed by atoms with van der Waals surface area (Å²) in [6, 6.07) is 0. The maximum atomic E-state index is 10.4. The van der Waals surface area contributed by atoms with Crippen LogP contribution in [0.15, 0.2) is 0 Å². The number of hydrogen-bond acceptors (Lipinski definition) is 5. The Balaban J connectivity index is 0. The monoisotopic (exact) mass is 197 g/mol. The molecule has 4 N–H and O–H groups in total. The summed E-state index contributed by atoms with van der Waals surface area (Å²) in [7, 11) is 0. The molecule has 0 heterocycles. The van der Waals surface area contributed by atoms with Gasteiger partial charge in [0.25, 0.3) is 0 Å². The number of halogens is 1. The van der Waals surface area contributed by atoms with Gasteiger partial charge in [0.05, 0.1) is 12.8 Å². The second kappa shape index (κ2) is 6.56. The molecule has 0 spiro atoms. The number of hydrogen-bond donors (Lipinski definition) is 2. The van der Waals surface area contributed by atoms with Crippen molar-refractivity contribution >= 4 is 29.0 Å². The average Bonchev–Trinajstić information content (AvgIpc) is 1.82. The van der Waals surface area contributed by atoms with E-state index in [9.17, 15) is 14.4 Å². The fraction of sp³-hybridized carbons (Fsp3) is 0.400. The van der Waals surface area contributed by atoms with Crippen LogP contribution < -0.4 is 6.15 Å². The molecule has 0 saturated carbocycles. The van der Waals surface area contributed by atoms with Crippen LogP contribution in [0, 0.1) is 0 Å². The highest BCUT2D eigenvalue weighted by Gasteiger charge is 2.09. The van der Waals surface area contributed by atoms with Crippen molar-refractivity contribution in [1.82, 2.24) is 6.15 Å². The highest BCUT2D eigenvalue weighted by atomic mass is 35.5. The fourth-order valence-corrected chi connectivity index (χ4v) is 0.436. The first-order valence-corrected chi connectivity index (χ1v) is 3.02. The number of aliphatic carboxylic acids is 1. The molecule has 0 rings (SSSR count). The second-order valence-electron chi connectivity index (χ2n) is 1.61. The standard InChI is InChI=1S/C5H5ClO5.H3N/c6-5(10)11-4(9)2-1-3(7)8;/h1-2H2,(H,7,8);1H3. The van der Waals surface area contributed by atoms with Crippen LogP contribution in [0.4, 0.5) is 4.79 Å². The topological polar surface area (TPSA) is 116 Å². The van der Waals surface area contributed by atoms with Crippen LogP contribution >= 0.6 is 11.6 Å². The molecule has 0 atom stereocenters. The van der Waals surface area contributed by atoms with Crippen molar-refractivity contribution in [1.29, 1.82) is 0 Å². The van der Waals surface area contributed by atoms with Gasteiger partial charge in [0.1, 0.15) is 0 Å². The van der Waals surface area contributed by atoms with Crippen LogP contribution in [0.1, 0.15) is 12.8 Å². The largest absolute Gasteiger partial charge is 0.481 e. The first-order chi connectivity index (χ1) is 5.02. The van der Waals surface area contributed by atoms with E-state index in [0.717, 1.165) is 0 Å². The van der Waals surface area contributed by atoms with E-state index in [-0.39, 0.29) is 19.0 Å². The predicted molar refractivity (Wildman–Crippen MR) is 39.2 cm³/mol. The highest BCUT2D eigenvalue weighted by Crippen LogP contribution is 1.95. The van der Waals surface area contributed by atoms with Crippen LogP contribution in [-0.4, -0.2) is 22.5 Å². The Bertz CT molecular complexity index is 192. The van der Waals surface area contributed by atoms with Crippen molar-refractivity contribution in [3.8, 4) is 0 Å². The molecule has 0 aliphatic rings. The maximum absolute atomic E-state index is 10.4. The summed E-state index contributed by atoms with van der Waals surface area (Å²) in [4.78, 5) is 30.1. The van der Waals surface area contributed by atoms with Gasteiger partial charge >= 0.3 is 17.4 Å². The van der Waals surface area contributed by atoms with Gasteiger partial charge in [-0.05, 0) is 0 Å². The van der Waals surface area contributed by atoms with Crippen LogP contribution in [0.5, 0.6) is 0 Å². The number of ether oxygens (including phenoxy) is 1. The lowest BCUT2D eigenvalue weighted by Gasteiger charge is -1.94. The summed E-state index contributed by atoms with van der Waals surface area (Å²) >= 11 is 4.66. The molecule has 7 heteroatoms. The molecule has 0 aromatic rings. The molecule has 0 radical (unpaired) electrons. The number of esters is 1. The van der Waals surface area contributed by atoms with Crippen molar-refractivity contribution in [3.05, 3.63) is 0 Å². The lowest BCUT2D eigenvalue weighted by Crippen LogP contribution is -2.08. The molecule has 0 bridgehead atoms.